The van der Waals surface area contributed by atoms with E-state index in [1.807, 2.05) is 38.1 Å². The zero-order chi connectivity index (χ0) is 17.3. The molecule has 0 bridgehead atoms. The van der Waals surface area contributed by atoms with E-state index in [4.69, 9.17) is 0 Å². The van der Waals surface area contributed by atoms with Gasteiger partial charge in [-0.25, -0.2) is 9.67 Å². The summed E-state index contributed by atoms with van der Waals surface area (Å²) < 4.78 is 1.14. The van der Waals surface area contributed by atoms with Gasteiger partial charge in [0.15, 0.2) is 0 Å². The molecule has 2 heterocycles. The molecule has 1 aromatic carbocycles. The summed E-state index contributed by atoms with van der Waals surface area (Å²) >= 11 is 0. The highest BCUT2D eigenvalue weighted by molar-refractivity contribution is 5.92. The lowest BCUT2D eigenvalue weighted by molar-refractivity contribution is 0.0916. The second kappa shape index (κ2) is 6.27. The number of hydrogen-bond donors (Lipinski definition) is 2. The van der Waals surface area contributed by atoms with Crippen LogP contribution < -0.4 is 10.9 Å². The van der Waals surface area contributed by atoms with Crippen molar-refractivity contribution in [3.05, 3.63) is 58.3 Å². The number of aryl methyl sites for hydroxylation is 1. The predicted octanol–water partition coefficient (Wildman–Crippen LogP) is 1.78. The zero-order valence-corrected chi connectivity index (χ0v) is 13.8. The Bertz CT molecular complexity index is 908. The van der Waals surface area contributed by atoms with Gasteiger partial charge in [0, 0.05) is 13.1 Å². The molecule has 3 rings (SSSR count). The van der Waals surface area contributed by atoms with Crippen LogP contribution >= 0.6 is 0 Å². The maximum Gasteiger partial charge on any atom is 0.272 e. The number of benzene rings is 1. The van der Waals surface area contributed by atoms with Gasteiger partial charge in [-0.2, -0.15) is 5.10 Å². The average molecular weight is 325 g/mol. The van der Waals surface area contributed by atoms with Crippen molar-refractivity contribution < 1.29 is 4.79 Å². The number of hydrogen-bond acceptors (Lipinski definition) is 4. The normalized spacial score (nSPS) is 12.5. The molecule has 1 atom stereocenters. The molecule has 0 saturated heterocycles. The minimum Gasteiger partial charge on any atom is -0.340 e. The van der Waals surface area contributed by atoms with Crippen molar-refractivity contribution in [3.8, 4) is 0 Å². The third kappa shape index (κ3) is 3.05. The Morgan fingerprint density at radius 3 is 2.62 bits per heavy atom. The summed E-state index contributed by atoms with van der Waals surface area (Å²) in [6, 6.07) is 10.2. The first kappa shape index (κ1) is 15.9. The first-order valence-electron chi connectivity index (χ1n) is 7.75. The molecule has 7 heteroatoms. The van der Waals surface area contributed by atoms with Crippen LogP contribution in [0.15, 0.2) is 41.2 Å². The number of rotatable bonds is 4. The molecule has 0 fully saturated rings. The Balaban J connectivity index is 1.89. The molecule has 0 spiro atoms. The van der Waals surface area contributed by atoms with E-state index in [9.17, 15) is 9.59 Å². The van der Waals surface area contributed by atoms with E-state index in [-0.39, 0.29) is 29.1 Å². The number of imidazole rings is 1. The standard InChI is InChI=1S/C17H19N5O2/c1-10(2)15(16-18-11-6-4-5-7-12(11)19-16)20-17(24)13-8-9-14(23)22(3)21-13/h4-10,15H,1-3H3,(H,18,19)(H,20,24). The molecule has 0 radical (unpaired) electrons. The minimum atomic E-state index is -0.343. The number of para-hydroxylation sites is 2. The lowest BCUT2D eigenvalue weighted by Gasteiger charge is -2.20. The summed E-state index contributed by atoms with van der Waals surface area (Å²) in [6.07, 6.45) is 0. The highest BCUT2D eigenvalue weighted by atomic mass is 16.2. The summed E-state index contributed by atoms with van der Waals surface area (Å²) in [6.45, 7) is 4.01. The number of fused-ring (bicyclic) bond motifs is 1. The smallest absolute Gasteiger partial charge is 0.272 e. The van der Waals surface area contributed by atoms with Crippen molar-refractivity contribution in [2.24, 2.45) is 13.0 Å². The molecule has 1 amide bonds. The number of carbonyl (C=O) groups is 1. The molecular weight excluding hydrogens is 306 g/mol. The summed E-state index contributed by atoms with van der Waals surface area (Å²) in [5, 5.41) is 6.93. The number of aromatic amines is 1. The molecule has 7 nitrogen and oxygen atoms in total. The lowest BCUT2D eigenvalue weighted by atomic mass is 10.0. The van der Waals surface area contributed by atoms with Gasteiger partial charge in [0.05, 0.1) is 17.1 Å². The number of nitrogens with zero attached hydrogens (tertiary/aromatic N) is 3. The fraction of sp³-hybridized carbons (Fsp3) is 0.294. The van der Waals surface area contributed by atoms with Crippen LogP contribution in [0.5, 0.6) is 0 Å². The maximum absolute atomic E-state index is 12.5. The van der Waals surface area contributed by atoms with Gasteiger partial charge in [-0.1, -0.05) is 26.0 Å². The van der Waals surface area contributed by atoms with Crippen LogP contribution in [0.3, 0.4) is 0 Å². The van der Waals surface area contributed by atoms with Gasteiger partial charge >= 0.3 is 0 Å². The Morgan fingerprint density at radius 2 is 1.96 bits per heavy atom. The minimum absolute atomic E-state index is 0.127. The van der Waals surface area contributed by atoms with Gasteiger partial charge in [0.2, 0.25) is 0 Å². The van der Waals surface area contributed by atoms with E-state index in [1.165, 1.54) is 19.2 Å². The topological polar surface area (TPSA) is 92.7 Å². The van der Waals surface area contributed by atoms with E-state index >= 15 is 0 Å². The third-order valence-electron chi connectivity index (χ3n) is 3.85. The van der Waals surface area contributed by atoms with Crippen molar-refractivity contribution in [2.45, 2.75) is 19.9 Å². The quantitative estimate of drug-likeness (QED) is 0.765. The van der Waals surface area contributed by atoms with Gasteiger partial charge in [0.1, 0.15) is 11.5 Å². The first-order chi connectivity index (χ1) is 11.5. The fourth-order valence-electron chi connectivity index (χ4n) is 2.51. The highest BCUT2D eigenvalue weighted by Crippen LogP contribution is 2.22. The monoisotopic (exact) mass is 325 g/mol. The number of carbonyl (C=O) groups excluding carboxylic acids is 1. The van der Waals surface area contributed by atoms with Crippen LogP contribution in [0.25, 0.3) is 11.0 Å². The molecule has 2 N–H and O–H groups in total. The Hall–Kier alpha value is -2.96. The Labute approximate surface area is 138 Å². The number of nitrogens with one attached hydrogen (secondary N) is 2. The Morgan fingerprint density at radius 1 is 1.21 bits per heavy atom. The molecule has 0 aliphatic rings. The molecule has 1 unspecified atom stereocenters. The summed E-state index contributed by atoms with van der Waals surface area (Å²) in [4.78, 5) is 31.7. The van der Waals surface area contributed by atoms with Crippen LogP contribution in [0, 0.1) is 5.92 Å². The molecule has 0 saturated carbocycles. The predicted molar refractivity (Wildman–Crippen MR) is 90.6 cm³/mol. The second-order valence-corrected chi connectivity index (χ2v) is 6.01. The third-order valence-corrected chi connectivity index (χ3v) is 3.85. The van der Waals surface area contributed by atoms with Crippen LogP contribution in [-0.4, -0.2) is 25.7 Å². The van der Waals surface area contributed by atoms with E-state index in [1.54, 1.807) is 0 Å². The average Bonchev–Trinajstić information content (AvgIpc) is 2.98. The molecule has 0 aliphatic heterocycles. The summed E-state index contributed by atoms with van der Waals surface area (Å²) in [7, 11) is 1.51. The molecule has 0 aliphatic carbocycles. The van der Waals surface area contributed by atoms with E-state index < -0.39 is 0 Å². The van der Waals surface area contributed by atoms with E-state index in [0.717, 1.165) is 15.7 Å². The number of aromatic nitrogens is 4. The zero-order valence-electron chi connectivity index (χ0n) is 13.8. The van der Waals surface area contributed by atoms with Crippen LogP contribution in [-0.2, 0) is 7.05 Å². The van der Waals surface area contributed by atoms with Gasteiger partial charge < -0.3 is 10.3 Å². The largest absolute Gasteiger partial charge is 0.340 e. The fourth-order valence-corrected chi connectivity index (χ4v) is 2.51. The highest BCUT2D eigenvalue weighted by Gasteiger charge is 2.23. The van der Waals surface area contributed by atoms with Crippen molar-refractivity contribution in [1.29, 1.82) is 0 Å². The Kier molecular flexibility index (Phi) is 4.16. The maximum atomic E-state index is 12.5. The molecule has 24 heavy (non-hydrogen) atoms. The van der Waals surface area contributed by atoms with Crippen LogP contribution in [0.2, 0.25) is 0 Å². The van der Waals surface area contributed by atoms with Crippen molar-refractivity contribution in [3.63, 3.8) is 0 Å². The molecule has 2 aromatic heterocycles. The van der Waals surface area contributed by atoms with Gasteiger partial charge in [-0.05, 0) is 24.1 Å². The lowest BCUT2D eigenvalue weighted by Crippen LogP contribution is -2.34. The van der Waals surface area contributed by atoms with Gasteiger partial charge in [-0.3, -0.25) is 9.59 Å². The van der Waals surface area contributed by atoms with Gasteiger partial charge in [-0.15, -0.1) is 0 Å². The van der Waals surface area contributed by atoms with Gasteiger partial charge in [0.25, 0.3) is 11.5 Å². The summed E-state index contributed by atoms with van der Waals surface area (Å²) in [5.41, 5.74) is 1.71. The van der Waals surface area contributed by atoms with E-state index in [2.05, 4.69) is 20.4 Å². The second-order valence-electron chi connectivity index (χ2n) is 6.01. The van der Waals surface area contributed by atoms with Crippen LogP contribution in [0.4, 0.5) is 0 Å². The SMILES string of the molecule is CC(C)C(NC(=O)c1ccc(=O)n(C)n1)c1nc2ccccc2[nH]1. The van der Waals surface area contributed by atoms with Crippen molar-refractivity contribution in [2.75, 3.05) is 0 Å². The first-order valence-corrected chi connectivity index (χ1v) is 7.75. The van der Waals surface area contributed by atoms with Crippen molar-refractivity contribution >= 4 is 16.9 Å². The molecule has 3 aromatic rings. The van der Waals surface area contributed by atoms with Crippen molar-refractivity contribution in [1.82, 2.24) is 25.1 Å². The van der Waals surface area contributed by atoms with Crippen LogP contribution in [0.1, 0.15) is 36.2 Å². The van der Waals surface area contributed by atoms with E-state index in [0.29, 0.717) is 5.82 Å². The molecular formula is C17H19N5O2. The molecule has 124 valence electrons. The number of amides is 1. The summed E-state index contributed by atoms with van der Waals surface area (Å²) in [5.74, 6) is 0.483. The number of H-pyrrole nitrogens is 1.